The summed E-state index contributed by atoms with van der Waals surface area (Å²) in [6, 6.07) is 5.72. The lowest BCUT2D eigenvalue weighted by molar-refractivity contribution is -0.122. The van der Waals surface area contributed by atoms with Gasteiger partial charge in [-0.1, -0.05) is 11.6 Å². The summed E-state index contributed by atoms with van der Waals surface area (Å²) in [5.74, 6) is -0.576. The Hall–Kier alpha value is -1.11. The topological polar surface area (TPSA) is 89.3 Å². The molecule has 5 nitrogen and oxygen atoms in total. The van der Waals surface area contributed by atoms with E-state index in [9.17, 15) is 13.2 Å². The van der Waals surface area contributed by atoms with Crippen molar-refractivity contribution in [3.8, 4) is 0 Å². The fraction of sp³-hybridized carbons (Fsp3) is 0.417. The van der Waals surface area contributed by atoms with Crippen LogP contribution >= 0.6 is 11.6 Å². The highest BCUT2D eigenvalue weighted by Crippen LogP contribution is 2.26. The second-order valence-corrected chi connectivity index (χ2v) is 7.45. The molecule has 1 amide bonds. The number of nitrogens with one attached hydrogen (secondary N) is 1. The van der Waals surface area contributed by atoms with Crippen molar-refractivity contribution in [1.82, 2.24) is 5.32 Å². The molecule has 0 heterocycles. The summed E-state index contributed by atoms with van der Waals surface area (Å²) in [6.07, 6.45) is 0. The molecule has 0 atom stereocenters. The third kappa shape index (κ3) is 3.26. The molecule has 0 aliphatic heterocycles. The molecule has 0 saturated heterocycles. The van der Waals surface area contributed by atoms with E-state index in [-0.39, 0.29) is 18.0 Å². The molecule has 1 aromatic carbocycles. The largest absolute Gasteiger partial charge is 0.353 e. The smallest absolute Gasteiger partial charge is 0.241 e. The van der Waals surface area contributed by atoms with Crippen molar-refractivity contribution in [2.75, 3.05) is 13.1 Å². The lowest BCUT2D eigenvalue weighted by atomic mass is 10.2. The van der Waals surface area contributed by atoms with Crippen molar-refractivity contribution in [2.45, 2.75) is 23.5 Å². The zero-order chi connectivity index (χ0) is 14.7. The molecule has 0 spiro atoms. The normalized spacial score (nSPS) is 12.2. The lowest BCUT2D eigenvalue weighted by Crippen LogP contribution is -2.49. The molecule has 0 bridgehead atoms. The Morgan fingerprint density at radius 3 is 2.32 bits per heavy atom. The van der Waals surface area contributed by atoms with Gasteiger partial charge in [0.25, 0.3) is 0 Å². The minimum absolute atomic E-state index is 0.0600. The van der Waals surface area contributed by atoms with E-state index in [0.29, 0.717) is 5.02 Å². The van der Waals surface area contributed by atoms with Gasteiger partial charge in [-0.15, -0.1) is 0 Å². The highest BCUT2D eigenvalue weighted by Gasteiger charge is 2.42. The zero-order valence-electron chi connectivity index (χ0n) is 10.8. The monoisotopic (exact) mass is 304 g/mol. The van der Waals surface area contributed by atoms with Crippen molar-refractivity contribution in [1.29, 1.82) is 0 Å². The van der Waals surface area contributed by atoms with Gasteiger partial charge in [0.15, 0.2) is 9.84 Å². The number of sulfone groups is 1. The van der Waals surface area contributed by atoms with Gasteiger partial charge in [0, 0.05) is 18.1 Å². The van der Waals surface area contributed by atoms with Crippen LogP contribution in [-0.2, 0) is 14.6 Å². The SMILES string of the molecule is CC(C)(C(=O)NCCN)S(=O)(=O)c1ccc(Cl)cc1. The molecule has 0 saturated carbocycles. The molecule has 106 valence electrons. The first kappa shape index (κ1) is 15.9. The summed E-state index contributed by atoms with van der Waals surface area (Å²) in [4.78, 5) is 12.0. The van der Waals surface area contributed by atoms with Crippen LogP contribution in [0.3, 0.4) is 0 Å². The summed E-state index contributed by atoms with van der Waals surface area (Å²) in [5.41, 5.74) is 5.28. The molecule has 1 rings (SSSR count). The minimum atomic E-state index is -3.80. The Labute approximate surface area is 118 Å². The van der Waals surface area contributed by atoms with Crippen LogP contribution < -0.4 is 11.1 Å². The van der Waals surface area contributed by atoms with E-state index in [1.165, 1.54) is 38.1 Å². The number of hydrogen-bond donors (Lipinski definition) is 2. The summed E-state index contributed by atoms with van der Waals surface area (Å²) < 4.78 is 23.3. The van der Waals surface area contributed by atoms with Gasteiger partial charge in [-0.05, 0) is 38.1 Å². The molecular weight excluding hydrogens is 288 g/mol. The van der Waals surface area contributed by atoms with Crippen molar-refractivity contribution < 1.29 is 13.2 Å². The molecule has 0 aliphatic rings. The number of nitrogens with two attached hydrogens (primary N) is 1. The Morgan fingerprint density at radius 2 is 1.84 bits per heavy atom. The van der Waals surface area contributed by atoms with E-state index < -0.39 is 20.5 Å². The second kappa shape index (κ2) is 5.90. The Kier molecular flexibility index (Phi) is 4.95. The van der Waals surface area contributed by atoms with E-state index in [1.54, 1.807) is 0 Å². The van der Waals surface area contributed by atoms with Crippen LogP contribution in [0.4, 0.5) is 0 Å². The van der Waals surface area contributed by atoms with Crippen LogP contribution in [0.15, 0.2) is 29.2 Å². The fourth-order valence-corrected chi connectivity index (χ4v) is 2.95. The van der Waals surface area contributed by atoms with E-state index >= 15 is 0 Å². The average Bonchev–Trinajstić information content (AvgIpc) is 2.36. The number of carbonyl (C=O) groups is 1. The van der Waals surface area contributed by atoms with Gasteiger partial charge in [-0.25, -0.2) is 8.42 Å². The Balaban J connectivity index is 3.11. The Morgan fingerprint density at radius 1 is 1.32 bits per heavy atom. The maximum absolute atomic E-state index is 12.4. The van der Waals surface area contributed by atoms with Gasteiger partial charge in [0.1, 0.15) is 4.75 Å². The Bertz CT molecular complexity index is 553. The van der Waals surface area contributed by atoms with E-state index in [0.717, 1.165) is 0 Å². The second-order valence-electron chi connectivity index (χ2n) is 4.51. The summed E-state index contributed by atoms with van der Waals surface area (Å²) in [5, 5.41) is 2.93. The van der Waals surface area contributed by atoms with Gasteiger partial charge in [0.05, 0.1) is 4.90 Å². The van der Waals surface area contributed by atoms with Crippen molar-refractivity contribution in [2.24, 2.45) is 5.73 Å². The van der Waals surface area contributed by atoms with E-state index in [1.807, 2.05) is 0 Å². The molecule has 0 aliphatic carbocycles. The van der Waals surface area contributed by atoms with E-state index in [2.05, 4.69) is 5.32 Å². The van der Waals surface area contributed by atoms with Gasteiger partial charge >= 0.3 is 0 Å². The van der Waals surface area contributed by atoms with Gasteiger partial charge in [-0.2, -0.15) is 0 Å². The number of rotatable bonds is 5. The standard InChI is InChI=1S/C12H17ClN2O3S/c1-12(2,11(16)15-8-7-14)19(17,18)10-5-3-9(13)4-6-10/h3-6H,7-8,14H2,1-2H3,(H,15,16). The summed E-state index contributed by atoms with van der Waals surface area (Å²) in [7, 11) is -3.80. The molecule has 19 heavy (non-hydrogen) atoms. The third-order valence-electron chi connectivity index (χ3n) is 2.77. The molecule has 1 aromatic rings. The summed E-state index contributed by atoms with van der Waals surface area (Å²) in [6.45, 7) is 3.22. The maximum atomic E-state index is 12.4. The molecular formula is C12H17ClN2O3S. The predicted molar refractivity (Wildman–Crippen MR) is 74.8 cm³/mol. The maximum Gasteiger partial charge on any atom is 0.241 e. The summed E-state index contributed by atoms with van der Waals surface area (Å²) >= 11 is 5.72. The minimum Gasteiger partial charge on any atom is -0.353 e. The van der Waals surface area contributed by atoms with Crippen LogP contribution in [-0.4, -0.2) is 32.2 Å². The first-order chi connectivity index (χ1) is 8.73. The molecule has 3 N–H and O–H groups in total. The number of amides is 1. The predicted octanol–water partition coefficient (Wildman–Crippen LogP) is 0.967. The van der Waals surface area contributed by atoms with Crippen LogP contribution in [0.2, 0.25) is 5.02 Å². The molecule has 0 radical (unpaired) electrons. The molecule has 0 aromatic heterocycles. The first-order valence-corrected chi connectivity index (χ1v) is 7.58. The number of hydrogen-bond acceptors (Lipinski definition) is 4. The quantitative estimate of drug-likeness (QED) is 0.848. The van der Waals surface area contributed by atoms with Crippen LogP contribution in [0.1, 0.15) is 13.8 Å². The van der Waals surface area contributed by atoms with Gasteiger partial charge in [-0.3, -0.25) is 4.79 Å². The third-order valence-corrected chi connectivity index (χ3v) is 5.45. The van der Waals surface area contributed by atoms with Crippen molar-refractivity contribution in [3.05, 3.63) is 29.3 Å². The highest BCUT2D eigenvalue weighted by atomic mass is 35.5. The fourth-order valence-electron chi connectivity index (χ4n) is 1.43. The molecule has 7 heteroatoms. The lowest BCUT2D eigenvalue weighted by Gasteiger charge is -2.23. The number of benzene rings is 1. The first-order valence-electron chi connectivity index (χ1n) is 5.72. The number of carbonyl (C=O) groups excluding carboxylic acids is 1. The highest BCUT2D eigenvalue weighted by molar-refractivity contribution is 7.93. The van der Waals surface area contributed by atoms with Gasteiger partial charge < -0.3 is 11.1 Å². The van der Waals surface area contributed by atoms with Gasteiger partial charge in [0.2, 0.25) is 5.91 Å². The van der Waals surface area contributed by atoms with E-state index in [4.69, 9.17) is 17.3 Å². The number of halogens is 1. The molecule has 0 fully saturated rings. The van der Waals surface area contributed by atoms with Crippen LogP contribution in [0.25, 0.3) is 0 Å². The van der Waals surface area contributed by atoms with Crippen molar-refractivity contribution in [3.63, 3.8) is 0 Å². The van der Waals surface area contributed by atoms with Crippen LogP contribution in [0, 0.1) is 0 Å². The molecule has 0 unspecified atom stereocenters. The van der Waals surface area contributed by atoms with Crippen molar-refractivity contribution >= 4 is 27.3 Å². The zero-order valence-corrected chi connectivity index (χ0v) is 12.4. The van der Waals surface area contributed by atoms with Crippen LogP contribution in [0.5, 0.6) is 0 Å². The average molecular weight is 305 g/mol.